The van der Waals surface area contributed by atoms with E-state index >= 15 is 0 Å². The number of aromatic nitrogens is 3. The van der Waals surface area contributed by atoms with Crippen molar-refractivity contribution in [2.45, 2.75) is 20.8 Å². The van der Waals surface area contributed by atoms with Gasteiger partial charge < -0.3 is 15.5 Å². The largest absolute Gasteiger partial charge is 0.357 e. The number of carbonyl (C=O) groups excluding carboxylic acids is 1. The van der Waals surface area contributed by atoms with E-state index in [0.717, 1.165) is 30.3 Å². The molecule has 0 aliphatic carbocycles. The van der Waals surface area contributed by atoms with Gasteiger partial charge in [-0.05, 0) is 57.2 Å². The third-order valence-electron chi connectivity index (χ3n) is 4.25. The molecule has 0 fully saturated rings. The smallest absolute Gasteiger partial charge is 0.257 e. The fourth-order valence-corrected chi connectivity index (χ4v) is 2.78. The van der Waals surface area contributed by atoms with Gasteiger partial charge in [0.1, 0.15) is 5.82 Å². The Hall–Kier alpha value is -3.48. The van der Waals surface area contributed by atoms with Gasteiger partial charge in [0.25, 0.3) is 5.91 Å². The Morgan fingerprint density at radius 1 is 1.04 bits per heavy atom. The second kappa shape index (κ2) is 8.94. The molecule has 144 valence electrons. The van der Waals surface area contributed by atoms with E-state index in [9.17, 15) is 4.79 Å². The van der Waals surface area contributed by atoms with Gasteiger partial charge in [0.05, 0.1) is 5.56 Å². The summed E-state index contributed by atoms with van der Waals surface area (Å²) in [7, 11) is 0. The van der Waals surface area contributed by atoms with Crippen LogP contribution in [0, 0.1) is 6.92 Å². The van der Waals surface area contributed by atoms with Crippen molar-refractivity contribution in [2.75, 3.05) is 28.6 Å². The molecular weight excluding hydrogens is 352 g/mol. The fourth-order valence-electron chi connectivity index (χ4n) is 2.78. The van der Waals surface area contributed by atoms with E-state index in [2.05, 4.69) is 44.3 Å². The van der Waals surface area contributed by atoms with Gasteiger partial charge >= 0.3 is 0 Å². The highest BCUT2D eigenvalue weighted by Gasteiger charge is 2.09. The number of nitrogens with one attached hydrogen (secondary N) is 2. The van der Waals surface area contributed by atoms with Crippen LogP contribution in [0.3, 0.4) is 0 Å². The molecule has 7 heteroatoms. The van der Waals surface area contributed by atoms with Crippen molar-refractivity contribution in [3.8, 4) is 0 Å². The van der Waals surface area contributed by atoms with Crippen molar-refractivity contribution >= 4 is 29.0 Å². The zero-order chi connectivity index (χ0) is 19.9. The SMILES string of the molecule is CCN(CC)c1cc(C)nc(Nc2ccc(NC(=O)c3cccnc3)cc2)n1. The topological polar surface area (TPSA) is 83.0 Å². The van der Waals surface area contributed by atoms with Crippen molar-refractivity contribution < 1.29 is 4.79 Å². The molecule has 0 bridgehead atoms. The van der Waals surface area contributed by atoms with Crippen LogP contribution < -0.4 is 15.5 Å². The summed E-state index contributed by atoms with van der Waals surface area (Å²) in [5, 5.41) is 6.08. The molecule has 0 spiro atoms. The van der Waals surface area contributed by atoms with Gasteiger partial charge in [-0.25, -0.2) is 4.98 Å². The monoisotopic (exact) mass is 376 g/mol. The molecule has 0 radical (unpaired) electrons. The maximum Gasteiger partial charge on any atom is 0.257 e. The lowest BCUT2D eigenvalue weighted by Crippen LogP contribution is -2.23. The fraction of sp³-hybridized carbons (Fsp3) is 0.238. The molecule has 0 aliphatic heterocycles. The van der Waals surface area contributed by atoms with Crippen LogP contribution in [-0.2, 0) is 0 Å². The average molecular weight is 376 g/mol. The minimum absolute atomic E-state index is 0.195. The van der Waals surface area contributed by atoms with E-state index in [4.69, 9.17) is 0 Å². The number of rotatable bonds is 7. The van der Waals surface area contributed by atoms with Crippen LogP contribution in [-0.4, -0.2) is 33.9 Å². The number of hydrogen-bond donors (Lipinski definition) is 2. The van der Waals surface area contributed by atoms with Crippen molar-refractivity contribution in [3.63, 3.8) is 0 Å². The molecule has 0 unspecified atom stereocenters. The molecule has 0 saturated carbocycles. The molecule has 2 heterocycles. The quantitative estimate of drug-likeness (QED) is 0.648. The first-order chi connectivity index (χ1) is 13.6. The average Bonchev–Trinajstić information content (AvgIpc) is 2.71. The summed E-state index contributed by atoms with van der Waals surface area (Å²) >= 11 is 0. The molecule has 2 N–H and O–H groups in total. The van der Waals surface area contributed by atoms with Crippen molar-refractivity contribution in [1.29, 1.82) is 0 Å². The van der Waals surface area contributed by atoms with E-state index in [0.29, 0.717) is 17.2 Å². The van der Waals surface area contributed by atoms with Crippen LogP contribution >= 0.6 is 0 Å². The summed E-state index contributed by atoms with van der Waals surface area (Å²) in [5.41, 5.74) is 2.96. The first kappa shape index (κ1) is 19.3. The van der Waals surface area contributed by atoms with Crippen LogP contribution in [0.1, 0.15) is 29.9 Å². The third kappa shape index (κ3) is 4.82. The van der Waals surface area contributed by atoms with Gasteiger partial charge in [-0.1, -0.05) is 0 Å². The van der Waals surface area contributed by atoms with Crippen molar-refractivity contribution in [3.05, 3.63) is 66.1 Å². The highest BCUT2D eigenvalue weighted by Crippen LogP contribution is 2.20. The Kier molecular flexibility index (Phi) is 6.16. The minimum Gasteiger partial charge on any atom is -0.357 e. The lowest BCUT2D eigenvalue weighted by atomic mass is 10.2. The number of carbonyl (C=O) groups is 1. The minimum atomic E-state index is -0.195. The highest BCUT2D eigenvalue weighted by atomic mass is 16.1. The number of anilines is 4. The summed E-state index contributed by atoms with van der Waals surface area (Å²) in [5.74, 6) is 1.26. The Balaban J connectivity index is 1.70. The van der Waals surface area contributed by atoms with Crippen LogP contribution in [0.2, 0.25) is 0 Å². The van der Waals surface area contributed by atoms with E-state index in [-0.39, 0.29) is 5.91 Å². The van der Waals surface area contributed by atoms with Crippen LogP contribution in [0.4, 0.5) is 23.1 Å². The molecule has 0 atom stereocenters. The van der Waals surface area contributed by atoms with Crippen molar-refractivity contribution in [2.24, 2.45) is 0 Å². The predicted octanol–water partition coefficient (Wildman–Crippen LogP) is 4.02. The van der Waals surface area contributed by atoms with Gasteiger partial charge in [0.2, 0.25) is 5.95 Å². The predicted molar refractivity (Wildman–Crippen MR) is 112 cm³/mol. The second-order valence-corrected chi connectivity index (χ2v) is 6.26. The zero-order valence-corrected chi connectivity index (χ0v) is 16.3. The summed E-state index contributed by atoms with van der Waals surface area (Å²) < 4.78 is 0. The normalized spacial score (nSPS) is 10.4. The summed E-state index contributed by atoms with van der Waals surface area (Å²) in [4.78, 5) is 27.4. The van der Waals surface area contributed by atoms with Gasteiger partial charge in [-0.15, -0.1) is 0 Å². The number of nitrogens with zero attached hydrogens (tertiary/aromatic N) is 4. The molecule has 3 rings (SSSR count). The molecule has 28 heavy (non-hydrogen) atoms. The van der Waals surface area contributed by atoms with Crippen molar-refractivity contribution in [1.82, 2.24) is 15.0 Å². The first-order valence-corrected chi connectivity index (χ1v) is 9.28. The zero-order valence-electron chi connectivity index (χ0n) is 16.3. The molecule has 0 aliphatic rings. The summed E-state index contributed by atoms with van der Waals surface area (Å²) in [6.07, 6.45) is 3.17. The number of amides is 1. The summed E-state index contributed by atoms with van der Waals surface area (Å²) in [6.45, 7) is 7.94. The number of benzene rings is 1. The number of pyridine rings is 1. The van der Waals surface area contributed by atoms with Crippen LogP contribution in [0.15, 0.2) is 54.9 Å². The molecule has 1 aromatic carbocycles. The maximum absolute atomic E-state index is 12.2. The Bertz CT molecular complexity index is 923. The molecule has 2 aromatic heterocycles. The lowest BCUT2D eigenvalue weighted by Gasteiger charge is -2.20. The molecule has 7 nitrogen and oxygen atoms in total. The number of aryl methyl sites for hydroxylation is 1. The van der Waals surface area contributed by atoms with Crippen LogP contribution in [0.25, 0.3) is 0 Å². The standard InChI is InChI=1S/C21H24N6O/c1-4-27(5-2)19-13-15(3)23-21(26-19)25-18-10-8-17(9-11-18)24-20(28)16-7-6-12-22-14-16/h6-14H,4-5H2,1-3H3,(H,24,28)(H,23,25,26). The Morgan fingerprint density at radius 3 is 2.39 bits per heavy atom. The molecule has 0 saturated heterocycles. The maximum atomic E-state index is 12.2. The van der Waals surface area contributed by atoms with Gasteiger partial charge in [-0.3, -0.25) is 9.78 Å². The lowest BCUT2D eigenvalue weighted by molar-refractivity contribution is 0.102. The summed E-state index contributed by atoms with van der Waals surface area (Å²) in [6, 6.07) is 12.9. The third-order valence-corrected chi connectivity index (χ3v) is 4.25. The second-order valence-electron chi connectivity index (χ2n) is 6.26. The highest BCUT2D eigenvalue weighted by molar-refractivity contribution is 6.04. The van der Waals surface area contributed by atoms with Gasteiger partial charge in [0.15, 0.2) is 0 Å². The molecule has 1 amide bonds. The van der Waals surface area contributed by atoms with E-state index in [1.807, 2.05) is 37.3 Å². The van der Waals surface area contributed by atoms with Crippen LogP contribution in [0.5, 0.6) is 0 Å². The Labute approximate surface area is 164 Å². The molecule has 3 aromatic rings. The number of hydrogen-bond acceptors (Lipinski definition) is 6. The first-order valence-electron chi connectivity index (χ1n) is 9.28. The van der Waals surface area contributed by atoms with Gasteiger partial charge in [0, 0.05) is 48.6 Å². The van der Waals surface area contributed by atoms with E-state index in [1.54, 1.807) is 18.3 Å². The Morgan fingerprint density at radius 2 is 1.75 bits per heavy atom. The van der Waals surface area contributed by atoms with E-state index < -0.39 is 0 Å². The van der Waals surface area contributed by atoms with Gasteiger partial charge in [-0.2, -0.15) is 4.98 Å². The molecular formula is C21H24N6O. The van der Waals surface area contributed by atoms with E-state index in [1.165, 1.54) is 6.20 Å².